The Balaban J connectivity index is 1.85. The molecule has 1 fully saturated rings. The van der Waals surface area contributed by atoms with E-state index in [9.17, 15) is 4.79 Å². The summed E-state index contributed by atoms with van der Waals surface area (Å²) in [4.78, 5) is 12.1. The molecule has 2 unspecified atom stereocenters. The van der Waals surface area contributed by atoms with Gasteiger partial charge in [-0.3, -0.25) is 4.68 Å². The van der Waals surface area contributed by atoms with Crippen LogP contribution in [0, 0.1) is 0 Å². The van der Waals surface area contributed by atoms with Gasteiger partial charge in [0.25, 0.3) is 0 Å². The van der Waals surface area contributed by atoms with Crippen molar-refractivity contribution in [3.05, 3.63) is 12.4 Å². The summed E-state index contributed by atoms with van der Waals surface area (Å²) in [6.45, 7) is 5.48. The van der Waals surface area contributed by atoms with Gasteiger partial charge in [0.2, 0.25) is 0 Å². The van der Waals surface area contributed by atoms with E-state index in [1.807, 2.05) is 13.8 Å². The van der Waals surface area contributed by atoms with Gasteiger partial charge in [0, 0.05) is 24.9 Å². The Morgan fingerprint density at radius 1 is 1.64 bits per heavy atom. The van der Waals surface area contributed by atoms with Gasteiger partial charge in [-0.2, -0.15) is 5.10 Å². The van der Waals surface area contributed by atoms with Gasteiger partial charge in [0.1, 0.15) is 0 Å². The summed E-state index contributed by atoms with van der Waals surface area (Å²) in [5.41, 5.74) is 0.241. The largest absolute Gasteiger partial charge is 0.396 e. The van der Waals surface area contributed by atoms with Crippen molar-refractivity contribution in [2.24, 2.45) is 0 Å². The SMILES string of the molecule is CCC(C)(CCO)NC(=O)Nc1cnn(CC2CCCO2)c1. The monoisotopic (exact) mass is 310 g/mol. The molecule has 3 N–H and O–H groups in total. The maximum atomic E-state index is 12.1. The highest BCUT2D eigenvalue weighted by molar-refractivity contribution is 5.89. The molecule has 1 aromatic heterocycles. The third kappa shape index (κ3) is 4.71. The molecule has 7 heteroatoms. The summed E-state index contributed by atoms with van der Waals surface area (Å²) >= 11 is 0. The minimum atomic E-state index is -0.410. The van der Waals surface area contributed by atoms with Crippen LogP contribution >= 0.6 is 0 Å². The molecule has 1 saturated heterocycles. The smallest absolute Gasteiger partial charge is 0.319 e. The van der Waals surface area contributed by atoms with E-state index in [4.69, 9.17) is 9.84 Å². The highest BCUT2D eigenvalue weighted by Gasteiger charge is 2.24. The quantitative estimate of drug-likeness (QED) is 0.715. The zero-order chi connectivity index (χ0) is 16.0. The Bertz CT molecular complexity index is 485. The first-order valence-electron chi connectivity index (χ1n) is 7.89. The van der Waals surface area contributed by atoms with Gasteiger partial charge >= 0.3 is 6.03 Å². The van der Waals surface area contributed by atoms with Crippen LogP contribution in [0.25, 0.3) is 0 Å². The molecule has 2 rings (SSSR count). The summed E-state index contributed by atoms with van der Waals surface area (Å²) in [7, 11) is 0. The summed E-state index contributed by atoms with van der Waals surface area (Å²) < 4.78 is 7.36. The molecule has 7 nitrogen and oxygen atoms in total. The van der Waals surface area contributed by atoms with E-state index >= 15 is 0 Å². The molecule has 2 heterocycles. The van der Waals surface area contributed by atoms with Gasteiger partial charge in [-0.1, -0.05) is 6.92 Å². The lowest BCUT2D eigenvalue weighted by molar-refractivity contribution is 0.0940. The zero-order valence-electron chi connectivity index (χ0n) is 13.3. The van der Waals surface area contributed by atoms with Crippen molar-refractivity contribution >= 4 is 11.7 Å². The van der Waals surface area contributed by atoms with E-state index in [1.54, 1.807) is 17.1 Å². The predicted octanol–water partition coefficient (Wildman–Crippen LogP) is 1.73. The fraction of sp³-hybridized carbons (Fsp3) is 0.733. The molecular weight excluding hydrogens is 284 g/mol. The molecule has 1 aliphatic rings. The van der Waals surface area contributed by atoms with Crippen LogP contribution < -0.4 is 10.6 Å². The van der Waals surface area contributed by atoms with Crippen molar-refractivity contribution in [1.29, 1.82) is 0 Å². The fourth-order valence-electron chi connectivity index (χ4n) is 2.54. The number of nitrogens with one attached hydrogen (secondary N) is 2. The number of anilines is 1. The number of aliphatic hydroxyl groups excluding tert-OH is 1. The first-order valence-corrected chi connectivity index (χ1v) is 7.89. The first-order chi connectivity index (χ1) is 10.5. The lowest BCUT2D eigenvalue weighted by atomic mass is 9.95. The normalized spacial score (nSPS) is 20.6. The van der Waals surface area contributed by atoms with Crippen molar-refractivity contribution in [2.75, 3.05) is 18.5 Å². The molecule has 0 aliphatic carbocycles. The summed E-state index contributed by atoms with van der Waals surface area (Å²) in [6.07, 6.45) is 7.07. The third-order valence-electron chi connectivity index (χ3n) is 4.17. The maximum absolute atomic E-state index is 12.1. The number of carbonyl (C=O) groups excluding carboxylic acids is 1. The van der Waals surface area contributed by atoms with Gasteiger partial charge in [0.15, 0.2) is 0 Å². The van der Waals surface area contributed by atoms with E-state index in [0.717, 1.165) is 25.9 Å². The number of ether oxygens (including phenoxy) is 1. The lowest BCUT2D eigenvalue weighted by Crippen LogP contribution is -2.48. The number of urea groups is 1. The van der Waals surface area contributed by atoms with Crippen LogP contribution in [0.2, 0.25) is 0 Å². The summed E-state index contributed by atoms with van der Waals surface area (Å²) in [5, 5.41) is 19.0. The van der Waals surface area contributed by atoms with Crippen LogP contribution in [0.3, 0.4) is 0 Å². The van der Waals surface area contributed by atoms with Crippen molar-refractivity contribution < 1.29 is 14.6 Å². The van der Waals surface area contributed by atoms with E-state index in [2.05, 4.69) is 15.7 Å². The highest BCUT2D eigenvalue weighted by Crippen LogP contribution is 2.16. The van der Waals surface area contributed by atoms with E-state index in [-0.39, 0.29) is 18.7 Å². The number of nitrogens with zero attached hydrogens (tertiary/aromatic N) is 2. The van der Waals surface area contributed by atoms with Crippen LogP contribution in [-0.2, 0) is 11.3 Å². The third-order valence-corrected chi connectivity index (χ3v) is 4.17. The van der Waals surface area contributed by atoms with Crippen molar-refractivity contribution in [3.8, 4) is 0 Å². The fourth-order valence-corrected chi connectivity index (χ4v) is 2.54. The minimum Gasteiger partial charge on any atom is -0.396 e. The average Bonchev–Trinajstić information content (AvgIpc) is 3.11. The summed E-state index contributed by atoms with van der Waals surface area (Å²) in [5.74, 6) is 0. The molecule has 22 heavy (non-hydrogen) atoms. The van der Waals surface area contributed by atoms with Crippen molar-refractivity contribution in [3.63, 3.8) is 0 Å². The van der Waals surface area contributed by atoms with Gasteiger partial charge < -0.3 is 20.5 Å². The Labute approximate surface area is 131 Å². The molecule has 1 aromatic rings. The number of hydrogen-bond donors (Lipinski definition) is 3. The maximum Gasteiger partial charge on any atom is 0.319 e. The molecule has 0 aromatic carbocycles. The second-order valence-electron chi connectivity index (χ2n) is 6.05. The standard InChI is InChI=1S/C15H26N4O3/c1-3-15(2,6-7-20)18-14(21)17-12-9-16-19(10-12)11-13-5-4-8-22-13/h9-10,13,20H,3-8,11H2,1-2H3,(H2,17,18,21). The Kier molecular flexibility index (Phi) is 5.79. The first kappa shape index (κ1) is 16.8. The molecule has 1 aliphatic heterocycles. The Morgan fingerprint density at radius 2 is 2.45 bits per heavy atom. The topological polar surface area (TPSA) is 88.4 Å². The van der Waals surface area contributed by atoms with Crippen LogP contribution in [0.4, 0.5) is 10.5 Å². The average molecular weight is 310 g/mol. The predicted molar refractivity (Wildman–Crippen MR) is 83.8 cm³/mol. The van der Waals surface area contributed by atoms with E-state index in [1.165, 1.54) is 0 Å². The number of amides is 2. The number of aromatic nitrogens is 2. The molecule has 0 saturated carbocycles. The molecule has 2 atom stereocenters. The molecular formula is C15H26N4O3. The van der Waals surface area contributed by atoms with Crippen molar-refractivity contribution in [2.45, 2.75) is 57.7 Å². The molecule has 0 spiro atoms. The van der Waals surface area contributed by atoms with Crippen LogP contribution in [0.1, 0.15) is 39.5 Å². The summed E-state index contributed by atoms with van der Waals surface area (Å²) in [6, 6.07) is -0.283. The number of rotatable bonds is 7. The highest BCUT2D eigenvalue weighted by atomic mass is 16.5. The van der Waals surface area contributed by atoms with Crippen LogP contribution in [0.5, 0.6) is 0 Å². The van der Waals surface area contributed by atoms with Crippen LogP contribution in [0.15, 0.2) is 12.4 Å². The van der Waals surface area contributed by atoms with E-state index in [0.29, 0.717) is 18.7 Å². The molecule has 0 bridgehead atoms. The number of carbonyl (C=O) groups is 1. The van der Waals surface area contributed by atoms with Crippen LogP contribution in [-0.4, -0.2) is 45.8 Å². The molecule has 2 amide bonds. The second kappa shape index (κ2) is 7.60. The van der Waals surface area contributed by atoms with Gasteiger partial charge in [0.05, 0.1) is 24.5 Å². The molecule has 124 valence electrons. The Hall–Kier alpha value is -1.60. The van der Waals surface area contributed by atoms with Gasteiger partial charge in [-0.15, -0.1) is 0 Å². The zero-order valence-corrected chi connectivity index (χ0v) is 13.3. The van der Waals surface area contributed by atoms with E-state index < -0.39 is 5.54 Å². The minimum absolute atomic E-state index is 0.0456. The molecule has 0 radical (unpaired) electrons. The van der Waals surface area contributed by atoms with Gasteiger partial charge in [-0.05, 0) is 32.6 Å². The number of hydrogen-bond acceptors (Lipinski definition) is 4. The van der Waals surface area contributed by atoms with Crippen molar-refractivity contribution in [1.82, 2.24) is 15.1 Å². The lowest BCUT2D eigenvalue weighted by Gasteiger charge is -2.28. The number of aliphatic hydroxyl groups is 1. The second-order valence-corrected chi connectivity index (χ2v) is 6.05. The Morgan fingerprint density at radius 3 is 3.09 bits per heavy atom. The van der Waals surface area contributed by atoms with Gasteiger partial charge in [-0.25, -0.2) is 4.79 Å².